The molecule has 1 aliphatic heterocycles. The molecule has 6 nitrogen and oxygen atoms in total. The van der Waals surface area contributed by atoms with E-state index < -0.39 is 0 Å². The van der Waals surface area contributed by atoms with Gasteiger partial charge in [-0.1, -0.05) is 30.3 Å². The highest BCUT2D eigenvalue weighted by molar-refractivity contribution is 5.89. The number of hydrogen-bond donors (Lipinski definition) is 1. The van der Waals surface area contributed by atoms with Crippen LogP contribution in [-0.2, 0) is 11.3 Å². The number of para-hydroxylation sites is 1. The molecule has 0 spiro atoms. The third kappa shape index (κ3) is 4.89. The Morgan fingerprint density at radius 3 is 2.36 bits per heavy atom. The van der Waals surface area contributed by atoms with Crippen molar-refractivity contribution in [1.29, 1.82) is 5.26 Å². The summed E-state index contributed by atoms with van der Waals surface area (Å²) >= 11 is 0. The average Bonchev–Trinajstić information content (AvgIpc) is 2.74. The van der Waals surface area contributed by atoms with Gasteiger partial charge in [-0.25, -0.2) is 4.79 Å². The first-order valence-electron chi connectivity index (χ1n) is 9.42. The maximum Gasteiger partial charge on any atom is 0.321 e. The minimum absolute atomic E-state index is 0.0656. The molecule has 2 aromatic carbocycles. The monoisotopic (exact) mass is 376 g/mol. The number of likely N-dealkylation sites (tertiary alicyclic amines) is 1. The van der Waals surface area contributed by atoms with E-state index in [0.717, 1.165) is 11.3 Å². The molecule has 1 saturated heterocycles. The maximum atomic E-state index is 12.7. The number of nitrogens with zero attached hydrogens (tertiary/aromatic N) is 3. The van der Waals surface area contributed by atoms with E-state index in [-0.39, 0.29) is 17.9 Å². The standard InChI is InChI=1S/C22H24N4O2/c1-25(16-18-9-7-17(15-23)8-10-18)21(27)19-11-13-26(14-12-19)22(28)24-20-5-3-2-4-6-20/h2-10,19H,11-14,16H2,1H3,(H,24,28). The molecule has 0 atom stereocenters. The molecule has 0 aliphatic carbocycles. The number of rotatable bonds is 4. The van der Waals surface area contributed by atoms with Crippen LogP contribution in [-0.4, -0.2) is 41.9 Å². The second kappa shape index (κ2) is 9.05. The molecule has 6 heteroatoms. The van der Waals surface area contributed by atoms with E-state index in [2.05, 4.69) is 11.4 Å². The Morgan fingerprint density at radius 1 is 1.11 bits per heavy atom. The zero-order chi connectivity index (χ0) is 19.9. The Balaban J connectivity index is 1.48. The van der Waals surface area contributed by atoms with Crippen LogP contribution in [0.1, 0.15) is 24.0 Å². The summed E-state index contributed by atoms with van der Waals surface area (Å²) in [5.74, 6) is 0.0386. The topological polar surface area (TPSA) is 76.4 Å². The van der Waals surface area contributed by atoms with E-state index in [1.165, 1.54) is 0 Å². The minimum atomic E-state index is -0.122. The molecule has 3 rings (SSSR count). The molecule has 2 aromatic rings. The second-order valence-electron chi connectivity index (χ2n) is 7.06. The van der Waals surface area contributed by atoms with Crippen LogP contribution in [0.5, 0.6) is 0 Å². The number of carbonyl (C=O) groups is 2. The third-order valence-electron chi connectivity index (χ3n) is 5.04. The summed E-state index contributed by atoms with van der Waals surface area (Å²) in [7, 11) is 1.80. The zero-order valence-electron chi connectivity index (χ0n) is 16.0. The second-order valence-corrected chi connectivity index (χ2v) is 7.06. The highest BCUT2D eigenvalue weighted by atomic mass is 16.2. The van der Waals surface area contributed by atoms with Gasteiger partial charge >= 0.3 is 6.03 Å². The van der Waals surface area contributed by atoms with Gasteiger partial charge < -0.3 is 15.1 Å². The molecule has 144 valence electrons. The van der Waals surface area contributed by atoms with Crippen molar-refractivity contribution in [3.8, 4) is 6.07 Å². The minimum Gasteiger partial charge on any atom is -0.341 e. The lowest BCUT2D eigenvalue weighted by atomic mass is 9.95. The molecule has 0 radical (unpaired) electrons. The van der Waals surface area contributed by atoms with Gasteiger partial charge in [0.15, 0.2) is 0 Å². The third-order valence-corrected chi connectivity index (χ3v) is 5.04. The van der Waals surface area contributed by atoms with Crippen LogP contribution in [0.2, 0.25) is 0 Å². The summed E-state index contributed by atoms with van der Waals surface area (Å²) in [6, 6.07) is 18.6. The molecule has 0 aromatic heterocycles. The molecule has 3 amide bonds. The number of nitriles is 1. The van der Waals surface area contributed by atoms with E-state index in [1.807, 2.05) is 42.5 Å². The first kappa shape index (κ1) is 19.4. The van der Waals surface area contributed by atoms with Gasteiger partial charge in [-0.15, -0.1) is 0 Å². The summed E-state index contributed by atoms with van der Waals surface area (Å²) in [6.07, 6.45) is 1.33. The molecule has 1 N–H and O–H groups in total. The fourth-order valence-corrected chi connectivity index (χ4v) is 3.40. The van der Waals surface area contributed by atoms with Gasteiger partial charge in [0, 0.05) is 38.3 Å². The number of piperidine rings is 1. The smallest absolute Gasteiger partial charge is 0.321 e. The van der Waals surface area contributed by atoms with Gasteiger partial charge in [-0.2, -0.15) is 5.26 Å². The van der Waals surface area contributed by atoms with Gasteiger partial charge in [0.2, 0.25) is 5.91 Å². The van der Waals surface area contributed by atoms with Gasteiger partial charge in [-0.05, 0) is 42.7 Å². The van der Waals surface area contributed by atoms with Crippen molar-refractivity contribution in [1.82, 2.24) is 9.80 Å². The molecular formula is C22H24N4O2. The van der Waals surface area contributed by atoms with Gasteiger partial charge in [0.25, 0.3) is 0 Å². The maximum absolute atomic E-state index is 12.7. The van der Waals surface area contributed by atoms with Gasteiger partial charge in [0.1, 0.15) is 0 Å². The Morgan fingerprint density at radius 2 is 1.75 bits per heavy atom. The predicted octanol–water partition coefficient (Wildman–Crippen LogP) is 3.46. The molecular weight excluding hydrogens is 352 g/mol. The molecule has 28 heavy (non-hydrogen) atoms. The summed E-state index contributed by atoms with van der Waals surface area (Å²) < 4.78 is 0. The first-order chi connectivity index (χ1) is 13.6. The molecule has 0 unspecified atom stereocenters. The lowest BCUT2D eigenvalue weighted by molar-refractivity contribution is -0.136. The number of nitrogens with one attached hydrogen (secondary N) is 1. The first-order valence-corrected chi connectivity index (χ1v) is 9.42. The Kier molecular flexibility index (Phi) is 6.28. The van der Waals surface area contributed by atoms with Crippen LogP contribution < -0.4 is 5.32 Å². The number of hydrogen-bond acceptors (Lipinski definition) is 3. The largest absolute Gasteiger partial charge is 0.341 e. The van der Waals surface area contributed by atoms with Crippen molar-refractivity contribution < 1.29 is 9.59 Å². The SMILES string of the molecule is CN(Cc1ccc(C#N)cc1)C(=O)C1CCN(C(=O)Nc2ccccc2)CC1. The van der Waals surface area contributed by atoms with Crippen molar-refractivity contribution in [2.24, 2.45) is 5.92 Å². The van der Waals surface area contributed by atoms with Crippen molar-refractivity contribution >= 4 is 17.6 Å². The fourth-order valence-electron chi connectivity index (χ4n) is 3.40. The average molecular weight is 376 g/mol. The molecule has 1 aliphatic rings. The number of anilines is 1. The number of carbonyl (C=O) groups excluding carboxylic acids is 2. The lowest BCUT2D eigenvalue weighted by Gasteiger charge is -2.33. The van der Waals surface area contributed by atoms with E-state index in [1.54, 1.807) is 29.0 Å². The van der Waals surface area contributed by atoms with Crippen LogP contribution >= 0.6 is 0 Å². The van der Waals surface area contributed by atoms with Crippen LogP contribution in [0, 0.1) is 17.2 Å². The number of urea groups is 1. The zero-order valence-corrected chi connectivity index (χ0v) is 16.0. The van der Waals surface area contributed by atoms with Crippen LogP contribution in [0.4, 0.5) is 10.5 Å². The van der Waals surface area contributed by atoms with Crippen molar-refractivity contribution in [2.45, 2.75) is 19.4 Å². The van der Waals surface area contributed by atoms with Crippen molar-refractivity contribution in [3.05, 3.63) is 65.7 Å². The van der Waals surface area contributed by atoms with Crippen LogP contribution in [0.15, 0.2) is 54.6 Å². The van der Waals surface area contributed by atoms with E-state index in [4.69, 9.17) is 5.26 Å². The van der Waals surface area contributed by atoms with E-state index >= 15 is 0 Å². The molecule has 1 heterocycles. The Hall–Kier alpha value is -3.33. The van der Waals surface area contributed by atoms with Crippen molar-refractivity contribution in [2.75, 3.05) is 25.5 Å². The lowest BCUT2D eigenvalue weighted by Crippen LogP contribution is -2.44. The molecule has 0 bridgehead atoms. The van der Waals surface area contributed by atoms with E-state index in [9.17, 15) is 9.59 Å². The Bertz CT molecular complexity index is 850. The summed E-state index contributed by atoms with van der Waals surface area (Å²) in [4.78, 5) is 28.6. The number of benzene rings is 2. The van der Waals surface area contributed by atoms with Gasteiger partial charge in [-0.3, -0.25) is 4.79 Å². The quantitative estimate of drug-likeness (QED) is 0.888. The summed E-state index contributed by atoms with van der Waals surface area (Å²) in [6.45, 7) is 1.65. The Labute approximate surface area is 165 Å². The highest BCUT2D eigenvalue weighted by Gasteiger charge is 2.29. The normalized spacial score (nSPS) is 14.2. The summed E-state index contributed by atoms with van der Waals surface area (Å²) in [5.41, 5.74) is 2.38. The van der Waals surface area contributed by atoms with E-state index in [0.29, 0.717) is 38.0 Å². The van der Waals surface area contributed by atoms with Gasteiger partial charge in [0.05, 0.1) is 11.6 Å². The fraction of sp³-hybridized carbons (Fsp3) is 0.318. The summed E-state index contributed by atoms with van der Waals surface area (Å²) in [5, 5.41) is 11.8. The number of amides is 3. The molecule has 1 fully saturated rings. The predicted molar refractivity (Wildman–Crippen MR) is 107 cm³/mol. The molecule has 0 saturated carbocycles. The van der Waals surface area contributed by atoms with Crippen LogP contribution in [0.3, 0.4) is 0 Å². The highest BCUT2D eigenvalue weighted by Crippen LogP contribution is 2.21. The van der Waals surface area contributed by atoms with Crippen molar-refractivity contribution in [3.63, 3.8) is 0 Å². The van der Waals surface area contributed by atoms with Crippen LogP contribution in [0.25, 0.3) is 0 Å².